The van der Waals surface area contributed by atoms with Gasteiger partial charge in [0, 0.05) is 12.6 Å². The quantitative estimate of drug-likeness (QED) is 0.672. The van der Waals surface area contributed by atoms with Gasteiger partial charge in [-0.3, -0.25) is 0 Å². The van der Waals surface area contributed by atoms with E-state index in [1.165, 1.54) is 18.4 Å². The summed E-state index contributed by atoms with van der Waals surface area (Å²) >= 11 is 0. The van der Waals surface area contributed by atoms with Crippen molar-refractivity contribution in [3.63, 3.8) is 0 Å². The molecule has 70 valence electrons. The molecule has 3 N–H and O–H groups in total. The Hall–Kier alpha value is -1.32. The number of nitrogens with zero attached hydrogens (tertiary/aromatic N) is 2. The highest BCUT2D eigenvalue weighted by Gasteiger charge is 2.15. The molecule has 0 amide bonds. The van der Waals surface area contributed by atoms with E-state index >= 15 is 0 Å². The minimum absolute atomic E-state index is 0.380. The van der Waals surface area contributed by atoms with Gasteiger partial charge in [-0.2, -0.15) is 4.98 Å². The van der Waals surface area contributed by atoms with Gasteiger partial charge in [-0.15, -0.1) is 0 Å². The highest BCUT2D eigenvalue weighted by molar-refractivity contribution is 5.50. The van der Waals surface area contributed by atoms with Crippen LogP contribution in [0, 0.1) is 0 Å². The number of fused-ring (bicyclic) bond motifs is 1. The van der Waals surface area contributed by atoms with Crippen molar-refractivity contribution in [2.45, 2.75) is 25.7 Å². The lowest BCUT2D eigenvalue weighted by Crippen LogP contribution is -2.12. The van der Waals surface area contributed by atoms with Crippen molar-refractivity contribution in [2.24, 2.45) is 0 Å². The van der Waals surface area contributed by atoms with Crippen LogP contribution in [0.25, 0.3) is 0 Å². The molecule has 0 unspecified atom stereocenters. The molecule has 1 aromatic rings. The minimum Gasteiger partial charge on any atom is -0.373 e. The van der Waals surface area contributed by atoms with Gasteiger partial charge in [-0.05, 0) is 25.7 Å². The maximum atomic E-state index is 5.60. The first-order valence-electron chi connectivity index (χ1n) is 4.64. The van der Waals surface area contributed by atoms with Gasteiger partial charge in [0.15, 0.2) is 0 Å². The Morgan fingerprint density at radius 1 is 1.23 bits per heavy atom. The zero-order valence-corrected chi connectivity index (χ0v) is 7.80. The molecule has 13 heavy (non-hydrogen) atoms. The van der Waals surface area contributed by atoms with Crippen molar-refractivity contribution in [1.29, 1.82) is 0 Å². The topological polar surface area (TPSA) is 63.8 Å². The molecule has 0 bridgehead atoms. The first-order chi connectivity index (χ1) is 6.31. The van der Waals surface area contributed by atoms with Crippen LogP contribution < -0.4 is 11.1 Å². The number of nitrogens with one attached hydrogen (secondary N) is 1. The molecule has 0 saturated heterocycles. The molecule has 0 aliphatic heterocycles. The zero-order valence-electron chi connectivity index (χ0n) is 7.80. The summed E-state index contributed by atoms with van der Waals surface area (Å²) in [7, 11) is 1.87. The maximum absolute atomic E-state index is 5.60. The van der Waals surface area contributed by atoms with Crippen molar-refractivity contribution in [2.75, 3.05) is 18.1 Å². The van der Waals surface area contributed by atoms with Gasteiger partial charge in [0.1, 0.15) is 5.82 Å². The average Bonchev–Trinajstić information content (AvgIpc) is 2.16. The van der Waals surface area contributed by atoms with Crippen molar-refractivity contribution in [3.05, 3.63) is 11.3 Å². The van der Waals surface area contributed by atoms with E-state index in [0.717, 1.165) is 24.4 Å². The second kappa shape index (κ2) is 3.20. The summed E-state index contributed by atoms with van der Waals surface area (Å²) in [6.07, 6.45) is 4.56. The number of hydrogen-bond acceptors (Lipinski definition) is 4. The number of nitrogens with two attached hydrogens (primary N) is 1. The largest absolute Gasteiger partial charge is 0.373 e. The molecule has 4 nitrogen and oxygen atoms in total. The fourth-order valence-corrected chi connectivity index (χ4v) is 1.82. The highest BCUT2D eigenvalue weighted by Crippen LogP contribution is 2.25. The molecule has 0 fully saturated rings. The summed E-state index contributed by atoms with van der Waals surface area (Å²) < 4.78 is 0. The molecule has 4 heteroatoms. The third kappa shape index (κ3) is 1.43. The van der Waals surface area contributed by atoms with Crippen LogP contribution in [0.1, 0.15) is 24.1 Å². The second-order valence-corrected chi connectivity index (χ2v) is 3.31. The van der Waals surface area contributed by atoms with Crippen LogP contribution in [-0.2, 0) is 12.8 Å². The van der Waals surface area contributed by atoms with Crippen LogP contribution >= 0.6 is 0 Å². The van der Waals surface area contributed by atoms with E-state index in [0.29, 0.717) is 5.95 Å². The Labute approximate surface area is 77.6 Å². The smallest absolute Gasteiger partial charge is 0.222 e. The fourth-order valence-electron chi connectivity index (χ4n) is 1.82. The summed E-state index contributed by atoms with van der Waals surface area (Å²) in [5.74, 6) is 1.28. The van der Waals surface area contributed by atoms with Crippen LogP contribution in [0.4, 0.5) is 11.8 Å². The fraction of sp³-hybridized carbons (Fsp3) is 0.556. The number of aromatic nitrogens is 2. The third-order valence-electron chi connectivity index (χ3n) is 2.44. The SMILES string of the molecule is CNc1nc(N)nc2c1CCCC2. The Kier molecular flexibility index (Phi) is 2.04. The van der Waals surface area contributed by atoms with Gasteiger partial charge in [0.05, 0.1) is 5.69 Å². The molecule has 0 radical (unpaired) electrons. The van der Waals surface area contributed by atoms with E-state index in [-0.39, 0.29) is 0 Å². The van der Waals surface area contributed by atoms with E-state index in [1.807, 2.05) is 7.05 Å². The van der Waals surface area contributed by atoms with Crippen molar-refractivity contribution in [1.82, 2.24) is 9.97 Å². The number of nitrogen functional groups attached to an aromatic ring is 1. The number of rotatable bonds is 1. The Balaban J connectivity index is 2.50. The first-order valence-corrected chi connectivity index (χ1v) is 4.64. The first kappa shape index (κ1) is 8.29. The lowest BCUT2D eigenvalue weighted by Gasteiger charge is -2.17. The molecule has 1 aromatic heterocycles. The monoisotopic (exact) mass is 178 g/mol. The van der Waals surface area contributed by atoms with Gasteiger partial charge in [0.25, 0.3) is 0 Å². The predicted molar refractivity (Wildman–Crippen MR) is 52.6 cm³/mol. The zero-order chi connectivity index (χ0) is 9.26. The number of hydrogen-bond donors (Lipinski definition) is 2. The summed E-state index contributed by atoms with van der Waals surface area (Å²) in [5, 5.41) is 3.06. The molecule has 0 spiro atoms. The maximum Gasteiger partial charge on any atom is 0.222 e. The van der Waals surface area contributed by atoms with Crippen molar-refractivity contribution < 1.29 is 0 Å². The van der Waals surface area contributed by atoms with Crippen LogP contribution in [-0.4, -0.2) is 17.0 Å². The summed E-state index contributed by atoms with van der Waals surface area (Å²) in [4.78, 5) is 8.41. The van der Waals surface area contributed by atoms with Crippen LogP contribution in [0.3, 0.4) is 0 Å². The third-order valence-corrected chi connectivity index (χ3v) is 2.44. The van der Waals surface area contributed by atoms with Crippen LogP contribution in [0.5, 0.6) is 0 Å². The van der Waals surface area contributed by atoms with Crippen molar-refractivity contribution in [3.8, 4) is 0 Å². The Bertz CT molecular complexity index is 304. The molecule has 1 heterocycles. The highest BCUT2D eigenvalue weighted by atomic mass is 15.1. The predicted octanol–water partition coefficient (Wildman–Crippen LogP) is 0.979. The summed E-state index contributed by atoms with van der Waals surface area (Å²) in [5.41, 5.74) is 7.98. The van der Waals surface area contributed by atoms with E-state index in [9.17, 15) is 0 Å². The van der Waals surface area contributed by atoms with Gasteiger partial charge in [0.2, 0.25) is 5.95 Å². The molecule has 0 atom stereocenters. The molecule has 2 rings (SSSR count). The lowest BCUT2D eigenvalue weighted by atomic mass is 9.96. The minimum atomic E-state index is 0.380. The molecule has 0 aromatic carbocycles. The summed E-state index contributed by atoms with van der Waals surface area (Å²) in [6.45, 7) is 0. The van der Waals surface area contributed by atoms with Gasteiger partial charge < -0.3 is 11.1 Å². The van der Waals surface area contributed by atoms with Gasteiger partial charge in [-0.1, -0.05) is 0 Å². The number of aryl methyl sites for hydroxylation is 1. The molecule has 1 aliphatic carbocycles. The lowest BCUT2D eigenvalue weighted by molar-refractivity contribution is 0.665. The second-order valence-electron chi connectivity index (χ2n) is 3.31. The average molecular weight is 178 g/mol. The standard InChI is InChI=1S/C9H14N4/c1-11-8-6-4-2-3-5-7(6)12-9(10)13-8/h2-5H2,1H3,(H3,10,11,12,13). The molecule has 0 saturated carbocycles. The van der Waals surface area contributed by atoms with Crippen LogP contribution in [0.15, 0.2) is 0 Å². The van der Waals surface area contributed by atoms with E-state index < -0.39 is 0 Å². The van der Waals surface area contributed by atoms with Gasteiger partial charge in [-0.25, -0.2) is 4.98 Å². The summed E-state index contributed by atoms with van der Waals surface area (Å²) in [6, 6.07) is 0. The molecular weight excluding hydrogens is 164 g/mol. The van der Waals surface area contributed by atoms with E-state index in [2.05, 4.69) is 15.3 Å². The van der Waals surface area contributed by atoms with Gasteiger partial charge >= 0.3 is 0 Å². The normalized spacial score (nSPS) is 15.2. The number of anilines is 2. The van der Waals surface area contributed by atoms with E-state index in [4.69, 9.17) is 5.73 Å². The Morgan fingerprint density at radius 3 is 2.77 bits per heavy atom. The molecule has 1 aliphatic rings. The van der Waals surface area contributed by atoms with Crippen LogP contribution in [0.2, 0.25) is 0 Å². The van der Waals surface area contributed by atoms with E-state index in [1.54, 1.807) is 0 Å². The molecular formula is C9H14N4. The van der Waals surface area contributed by atoms with Crippen molar-refractivity contribution >= 4 is 11.8 Å². The Morgan fingerprint density at radius 2 is 2.00 bits per heavy atom.